The minimum atomic E-state index is -1.32. The highest BCUT2D eigenvalue weighted by Crippen LogP contribution is 2.37. The smallest absolute Gasteiger partial charge is 0.157 e. The molecule has 0 aromatic carbocycles. The Morgan fingerprint density at radius 2 is 1.50 bits per heavy atom. The second-order valence-electron chi connectivity index (χ2n) is 4.57. The van der Waals surface area contributed by atoms with Gasteiger partial charge in [-0.2, -0.15) is 0 Å². The van der Waals surface area contributed by atoms with E-state index < -0.39 is 18.0 Å². The van der Waals surface area contributed by atoms with Crippen LogP contribution in [0.4, 0.5) is 0 Å². The molecule has 1 atom stereocenters. The second-order valence-corrected chi connectivity index (χ2v) is 4.57. The molecule has 0 aromatic heterocycles. The van der Waals surface area contributed by atoms with E-state index in [0.717, 1.165) is 19.3 Å². The third-order valence-electron chi connectivity index (χ3n) is 3.42. The maximum atomic E-state index is 9.49. The van der Waals surface area contributed by atoms with Crippen LogP contribution < -0.4 is 0 Å². The number of unbranched alkanes of at least 4 members (excludes halogenated alkanes) is 1. The van der Waals surface area contributed by atoms with E-state index >= 15 is 0 Å². The largest absolute Gasteiger partial charge is 0.368 e. The lowest BCUT2D eigenvalue weighted by Crippen LogP contribution is -2.35. The fourth-order valence-corrected chi connectivity index (χ4v) is 2.08. The molecule has 4 heteroatoms. The molecule has 0 spiro atoms. The van der Waals surface area contributed by atoms with Crippen LogP contribution in [0.25, 0.3) is 0 Å². The van der Waals surface area contributed by atoms with Gasteiger partial charge in [0.1, 0.15) is 0 Å². The summed E-state index contributed by atoms with van der Waals surface area (Å²) in [6.07, 6.45) is 2.37. The number of hydrogen-bond donors (Lipinski definition) is 4. The van der Waals surface area contributed by atoms with Gasteiger partial charge in [0.25, 0.3) is 0 Å². The van der Waals surface area contributed by atoms with Crippen molar-refractivity contribution in [2.45, 2.75) is 71.4 Å². The zero-order chi connectivity index (χ0) is 12.6. The lowest BCUT2D eigenvalue weighted by molar-refractivity contribution is -0.147. The summed E-state index contributed by atoms with van der Waals surface area (Å²) < 4.78 is 0. The molecule has 0 aliphatic rings. The van der Waals surface area contributed by atoms with Crippen molar-refractivity contribution in [3.05, 3.63) is 0 Å². The molecule has 0 heterocycles. The van der Waals surface area contributed by atoms with Gasteiger partial charge in [-0.1, -0.05) is 26.7 Å². The first-order valence-corrected chi connectivity index (χ1v) is 6.20. The van der Waals surface area contributed by atoms with Gasteiger partial charge < -0.3 is 20.4 Å². The first-order valence-electron chi connectivity index (χ1n) is 6.20. The maximum Gasteiger partial charge on any atom is 0.157 e. The van der Waals surface area contributed by atoms with E-state index in [2.05, 4.69) is 6.92 Å². The van der Waals surface area contributed by atoms with Gasteiger partial charge in [-0.3, -0.25) is 0 Å². The fraction of sp³-hybridized carbons (Fsp3) is 1.00. The van der Waals surface area contributed by atoms with E-state index in [-0.39, 0.29) is 0 Å². The van der Waals surface area contributed by atoms with Crippen molar-refractivity contribution in [1.29, 1.82) is 0 Å². The zero-order valence-electron chi connectivity index (χ0n) is 10.4. The summed E-state index contributed by atoms with van der Waals surface area (Å²) in [5.41, 5.74) is -0.481. The third kappa shape index (κ3) is 5.25. The minimum absolute atomic E-state index is 0.292. The number of rotatable bonds is 9. The molecule has 0 aliphatic carbocycles. The molecule has 0 aromatic rings. The van der Waals surface area contributed by atoms with E-state index in [9.17, 15) is 10.2 Å². The van der Waals surface area contributed by atoms with Gasteiger partial charge in [0.05, 0.1) is 0 Å². The van der Waals surface area contributed by atoms with Crippen LogP contribution in [0.15, 0.2) is 0 Å². The standard InChI is InChI=1S/C12H26O4/c1-3-5-8-12(4-2,11(15)16)9-6-7-10(13)14/h10-11,13-16H,3-9H2,1-2H3. The Labute approximate surface area is 97.9 Å². The fourth-order valence-electron chi connectivity index (χ4n) is 2.08. The van der Waals surface area contributed by atoms with Crippen molar-refractivity contribution in [2.24, 2.45) is 5.41 Å². The summed E-state index contributed by atoms with van der Waals surface area (Å²) >= 11 is 0. The van der Waals surface area contributed by atoms with E-state index in [0.29, 0.717) is 25.7 Å². The predicted octanol–water partition coefficient (Wildman–Crippen LogP) is 1.36. The van der Waals surface area contributed by atoms with E-state index in [4.69, 9.17) is 10.2 Å². The molecule has 4 N–H and O–H groups in total. The lowest BCUT2D eigenvalue weighted by atomic mass is 9.75. The van der Waals surface area contributed by atoms with Gasteiger partial charge in [-0.05, 0) is 32.1 Å². The molecule has 0 saturated carbocycles. The predicted molar refractivity (Wildman–Crippen MR) is 62.6 cm³/mol. The summed E-state index contributed by atoms with van der Waals surface area (Å²) in [7, 11) is 0. The molecule has 0 fully saturated rings. The van der Waals surface area contributed by atoms with Crippen molar-refractivity contribution in [3.63, 3.8) is 0 Å². The Morgan fingerprint density at radius 1 is 0.938 bits per heavy atom. The molecule has 0 radical (unpaired) electrons. The average molecular weight is 234 g/mol. The van der Waals surface area contributed by atoms with Gasteiger partial charge in [0, 0.05) is 5.41 Å². The monoisotopic (exact) mass is 234 g/mol. The third-order valence-corrected chi connectivity index (χ3v) is 3.42. The van der Waals surface area contributed by atoms with Crippen LogP contribution in [0.5, 0.6) is 0 Å². The van der Waals surface area contributed by atoms with Gasteiger partial charge in [-0.15, -0.1) is 0 Å². The molecule has 0 saturated heterocycles. The Bertz CT molecular complexity index is 170. The Kier molecular flexibility index (Phi) is 7.93. The number of aliphatic hydroxyl groups excluding tert-OH is 2. The van der Waals surface area contributed by atoms with Gasteiger partial charge in [-0.25, -0.2) is 0 Å². The summed E-state index contributed by atoms with van der Waals surface area (Å²) in [5, 5.41) is 36.5. The Balaban J connectivity index is 4.27. The highest BCUT2D eigenvalue weighted by molar-refractivity contribution is 4.80. The molecule has 16 heavy (non-hydrogen) atoms. The molecule has 0 amide bonds. The molecular weight excluding hydrogens is 208 g/mol. The van der Waals surface area contributed by atoms with Crippen molar-refractivity contribution in [2.75, 3.05) is 0 Å². The van der Waals surface area contributed by atoms with Gasteiger partial charge >= 0.3 is 0 Å². The number of hydrogen-bond acceptors (Lipinski definition) is 4. The summed E-state index contributed by atoms with van der Waals surface area (Å²) in [6.45, 7) is 4.02. The van der Waals surface area contributed by atoms with Crippen LogP contribution in [0.1, 0.15) is 58.8 Å². The second kappa shape index (κ2) is 8.01. The number of aliphatic hydroxyl groups is 4. The SMILES string of the molecule is CCCCC(CC)(CCCC(O)O)C(O)O. The van der Waals surface area contributed by atoms with E-state index in [1.807, 2.05) is 6.92 Å². The van der Waals surface area contributed by atoms with Crippen LogP contribution in [0.3, 0.4) is 0 Å². The Morgan fingerprint density at radius 3 is 1.88 bits per heavy atom. The molecule has 0 aliphatic heterocycles. The molecule has 1 unspecified atom stereocenters. The Hall–Kier alpha value is -0.160. The summed E-state index contributed by atoms with van der Waals surface area (Å²) in [6, 6.07) is 0. The molecule has 0 bridgehead atoms. The van der Waals surface area contributed by atoms with Crippen molar-refractivity contribution < 1.29 is 20.4 Å². The van der Waals surface area contributed by atoms with E-state index in [1.165, 1.54) is 0 Å². The first-order chi connectivity index (χ1) is 7.48. The maximum absolute atomic E-state index is 9.49. The lowest BCUT2D eigenvalue weighted by Gasteiger charge is -2.34. The van der Waals surface area contributed by atoms with Crippen LogP contribution in [0.2, 0.25) is 0 Å². The summed E-state index contributed by atoms with van der Waals surface area (Å²) in [5.74, 6) is 0. The van der Waals surface area contributed by atoms with Crippen molar-refractivity contribution in [1.82, 2.24) is 0 Å². The highest BCUT2D eigenvalue weighted by Gasteiger charge is 2.34. The minimum Gasteiger partial charge on any atom is -0.368 e. The van der Waals surface area contributed by atoms with Crippen LogP contribution in [-0.4, -0.2) is 33.0 Å². The average Bonchev–Trinajstić information content (AvgIpc) is 2.22. The van der Waals surface area contributed by atoms with Crippen molar-refractivity contribution in [3.8, 4) is 0 Å². The molecular formula is C12H26O4. The highest BCUT2D eigenvalue weighted by atomic mass is 16.5. The van der Waals surface area contributed by atoms with Gasteiger partial charge in [0.15, 0.2) is 12.6 Å². The molecule has 0 rings (SSSR count). The van der Waals surface area contributed by atoms with Crippen LogP contribution >= 0.6 is 0 Å². The normalized spacial score (nSPS) is 15.8. The van der Waals surface area contributed by atoms with Crippen molar-refractivity contribution >= 4 is 0 Å². The molecule has 98 valence electrons. The van der Waals surface area contributed by atoms with Gasteiger partial charge in [0.2, 0.25) is 0 Å². The quantitative estimate of drug-likeness (QED) is 0.454. The summed E-state index contributed by atoms with van der Waals surface area (Å²) in [4.78, 5) is 0. The zero-order valence-corrected chi connectivity index (χ0v) is 10.4. The van der Waals surface area contributed by atoms with Crippen LogP contribution in [-0.2, 0) is 0 Å². The topological polar surface area (TPSA) is 80.9 Å². The molecule has 4 nitrogen and oxygen atoms in total. The first kappa shape index (κ1) is 15.8. The van der Waals surface area contributed by atoms with Crippen LogP contribution in [0, 0.1) is 5.41 Å². The van der Waals surface area contributed by atoms with E-state index in [1.54, 1.807) is 0 Å².